The third kappa shape index (κ3) is 4.59. The van der Waals surface area contributed by atoms with Crippen LogP contribution in [0.3, 0.4) is 0 Å². The highest BCUT2D eigenvalue weighted by atomic mass is 35.5. The summed E-state index contributed by atoms with van der Waals surface area (Å²) in [6.45, 7) is 2.12. The van der Waals surface area contributed by atoms with E-state index in [-0.39, 0.29) is 18.3 Å². The van der Waals surface area contributed by atoms with Crippen LogP contribution in [0, 0.1) is 12.7 Å². The lowest BCUT2D eigenvalue weighted by Gasteiger charge is -2.07. The Kier molecular flexibility index (Phi) is 5.85. The Balaban J connectivity index is 1.57. The van der Waals surface area contributed by atoms with Crippen LogP contribution in [0.15, 0.2) is 48.5 Å². The molecule has 0 atom stereocenters. The van der Waals surface area contributed by atoms with E-state index in [1.54, 1.807) is 0 Å². The van der Waals surface area contributed by atoms with Crippen molar-refractivity contribution in [3.63, 3.8) is 0 Å². The summed E-state index contributed by atoms with van der Waals surface area (Å²) in [7, 11) is 0. The number of nitrogens with zero attached hydrogens (tertiary/aromatic N) is 1. The Hall–Kier alpha value is -2.44. The van der Waals surface area contributed by atoms with Gasteiger partial charge < -0.3 is 10.1 Å². The second kappa shape index (κ2) is 8.29. The molecule has 3 rings (SSSR count). The molecule has 0 unspecified atom stereocenters. The number of aryl methyl sites for hydroxylation is 1. The summed E-state index contributed by atoms with van der Waals surface area (Å²) in [6, 6.07) is 13.0. The Morgan fingerprint density at radius 1 is 1.23 bits per heavy atom. The van der Waals surface area contributed by atoms with Crippen molar-refractivity contribution in [2.24, 2.45) is 0 Å². The molecule has 3 aromatic rings. The lowest BCUT2D eigenvalue weighted by molar-refractivity contribution is -0.123. The zero-order valence-corrected chi connectivity index (χ0v) is 15.5. The fourth-order valence-corrected chi connectivity index (χ4v) is 3.57. The minimum absolute atomic E-state index is 0.138. The second-order valence-electron chi connectivity index (χ2n) is 5.53. The van der Waals surface area contributed by atoms with Gasteiger partial charge in [-0.3, -0.25) is 4.79 Å². The Morgan fingerprint density at radius 3 is 2.69 bits per heavy atom. The summed E-state index contributed by atoms with van der Waals surface area (Å²) in [6.07, 6.45) is 0. The van der Waals surface area contributed by atoms with Crippen molar-refractivity contribution in [3.8, 4) is 16.3 Å². The van der Waals surface area contributed by atoms with Crippen molar-refractivity contribution in [1.29, 1.82) is 0 Å². The maximum absolute atomic E-state index is 12.8. The highest BCUT2D eigenvalue weighted by molar-refractivity contribution is 7.15. The Bertz CT molecular complexity index is 912. The monoisotopic (exact) mass is 390 g/mol. The van der Waals surface area contributed by atoms with Crippen LogP contribution >= 0.6 is 22.9 Å². The highest BCUT2D eigenvalue weighted by Gasteiger charge is 2.13. The zero-order chi connectivity index (χ0) is 18.5. The molecule has 0 spiro atoms. The van der Waals surface area contributed by atoms with Gasteiger partial charge in [0.25, 0.3) is 5.91 Å². The number of rotatable bonds is 6. The van der Waals surface area contributed by atoms with Crippen molar-refractivity contribution >= 4 is 28.8 Å². The number of benzene rings is 2. The molecule has 0 radical (unpaired) electrons. The van der Waals surface area contributed by atoms with Crippen molar-refractivity contribution < 1.29 is 13.9 Å². The maximum Gasteiger partial charge on any atom is 0.258 e. The predicted molar refractivity (Wildman–Crippen MR) is 101 cm³/mol. The summed E-state index contributed by atoms with van der Waals surface area (Å²) in [5.41, 5.74) is 1.73. The molecule has 1 aromatic heterocycles. The second-order valence-corrected chi connectivity index (χ2v) is 7.02. The third-order valence-electron chi connectivity index (χ3n) is 3.63. The fourth-order valence-electron chi connectivity index (χ4n) is 2.25. The largest absolute Gasteiger partial charge is 0.484 e. The van der Waals surface area contributed by atoms with Crippen LogP contribution in [-0.2, 0) is 11.3 Å². The number of carbonyl (C=O) groups excluding carboxylic acids is 1. The van der Waals surface area contributed by atoms with E-state index >= 15 is 0 Å². The molecule has 0 bridgehead atoms. The minimum atomic E-state index is -0.350. The fraction of sp³-hybridized carbons (Fsp3) is 0.158. The lowest BCUT2D eigenvalue weighted by Crippen LogP contribution is -2.28. The standard InChI is InChI=1S/C19H16ClFN2O2S/c1-12-17(26-19(23-12)15-4-2-3-5-16(15)20)10-22-18(24)11-25-14-8-6-13(21)7-9-14/h2-9H,10-11H2,1H3,(H,22,24). The molecule has 134 valence electrons. The predicted octanol–water partition coefficient (Wildman–Crippen LogP) is 4.61. The average Bonchev–Trinajstić information content (AvgIpc) is 3.00. The van der Waals surface area contributed by atoms with Gasteiger partial charge in [0.1, 0.15) is 16.6 Å². The van der Waals surface area contributed by atoms with E-state index in [0.29, 0.717) is 17.3 Å². The smallest absolute Gasteiger partial charge is 0.258 e. The van der Waals surface area contributed by atoms with Crippen molar-refractivity contribution in [2.45, 2.75) is 13.5 Å². The van der Waals surface area contributed by atoms with E-state index in [1.165, 1.54) is 35.6 Å². The van der Waals surface area contributed by atoms with Crippen molar-refractivity contribution in [1.82, 2.24) is 10.3 Å². The van der Waals surface area contributed by atoms with Crippen LogP contribution < -0.4 is 10.1 Å². The molecular weight excluding hydrogens is 375 g/mol. The summed E-state index contributed by atoms with van der Waals surface area (Å²) in [5.74, 6) is -0.172. The Labute approximate surface area is 159 Å². The first kappa shape index (κ1) is 18.4. The summed E-state index contributed by atoms with van der Waals surface area (Å²) < 4.78 is 18.2. The van der Waals surface area contributed by atoms with Crippen LogP contribution in [0.4, 0.5) is 4.39 Å². The highest BCUT2D eigenvalue weighted by Crippen LogP contribution is 2.32. The van der Waals surface area contributed by atoms with Gasteiger partial charge in [0, 0.05) is 10.4 Å². The van der Waals surface area contributed by atoms with E-state index in [0.717, 1.165) is 21.1 Å². The van der Waals surface area contributed by atoms with Crippen molar-refractivity contribution in [2.75, 3.05) is 6.61 Å². The van der Waals surface area contributed by atoms with Gasteiger partial charge in [0.05, 0.1) is 17.3 Å². The number of halogens is 2. The van der Waals surface area contributed by atoms with Gasteiger partial charge in [-0.05, 0) is 37.3 Å². The van der Waals surface area contributed by atoms with Gasteiger partial charge in [-0.1, -0.05) is 29.8 Å². The van der Waals surface area contributed by atoms with E-state index in [9.17, 15) is 9.18 Å². The molecule has 0 aliphatic carbocycles. The number of hydrogen-bond donors (Lipinski definition) is 1. The maximum atomic E-state index is 12.8. The Morgan fingerprint density at radius 2 is 1.96 bits per heavy atom. The number of nitrogens with one attached hydrogen (secondary N) is 1. The molecule has 0 aliphatic heterocycles. The number of ether oxygens (including phenoxy) is 1. The van der Waals surface area contributed by atoms with E-state index < -0.39 is 0 Å². The van der Waals surface area contributed by atoms with Crippen LogP contribution in [0.2, 0.25) is 5.02 Å². The molecule has 7 heteroatoms. The number of hydrogen-bond acceptors (Lipinski definition) is 4. The van der Waals surface area contributed by atoms with E-state index in [2.05, 4.69) is 10.3 Å². The topological polar surface area (TPSA) is 51.2 Å². The normalized spacial score (nSPS) is 10.6. The molecule has 1 amide bonds. The summed E-state index contributed by atoms with van der Waals surface area (Å²) in [5, 5.41) is 4.26. The van der Waals surface area contributed by atoms with Gasteiger partial charge in [-0.25, -0.2) is 9.37 Å². The first-order chi connectivity index (χ1) is 12.5. The van der Waals surface area contributed by atoms with Gasteiger partial charge in [0.15, 0.2) is 6.61 Å². The quantitative estimate of drug-likeness (QED) is 0.668. The molecule has 0 aliphatic rings. The molecule has 4 nitrogen and oxygen atoms in total. The number of carbonyl (C=O) groups is 1. The molecule has 1 N–H and O–H groups in total. The van der Waals surface area contributed by atoms with Gasteiger partial charge in [-0.15, -0.1) is 11.3 Å². The van der Waals surface area contributed by atoms with E-state index in [4.69, 9.17) is 16.3 Å². The molecule has 0 saturated carbocycles. The third-order valence-corrected chi connectivity index (χ3v) is 5.15. The molecular formula is C19H16ClFN2O2S. The number of thiazole rings is 1. The zero-order valence-electron chi connectivity index (χ0n) is 14.0. The van der Waals surface area contributed by atoms with Crippen LogP contribution in [0.1, 0.15) is 10.6 Å². The SMILES string of the molecule is Cc1nc(-c2ccccc2Cl)sc1CNC(=O)COc1ccc(F)cc1. The summed E-state index contributed by atoms with van der Waals surface area (Å²) >= 11 is 7.71. The van der Waals surface area contributed by atoms with Crippen molar-refractivity contribution in [3.05, 3.63) is 69.9 Å². The van der Waals surface area contributed by atoms with Gasteiger partial charge >= 0.3 is 0 Å². The molecule has 2 aromatic carbocycles. The number of amides is 1. The van der Waals surface area contributed by atoms with E-state index in [1.807, 2.05) is 31.2 Å². The summed E-state index contributed by atoms with van der Waals surface area (Å²) in [4.78, 5) is 17.4. The van der Waals surface area contributed by atoms with Crippen LogP contribution in [0.5, 0.6) is 5.75 Å². The average molecular weight is 391 g/mol. The van der Waals surface area contributed by atoms with Gasteiger partial charge in [0.2, 0.25) is 0 Å². The first-order valence-corrected chi connectivity index (χ1v) is 9.08. The minimum Gasteiger partial charge on any atom is -0.484 e. The van der Waals surface area contributed by atoms with Gasteiger partial charge in [-0.2, -0.15) is 0 Å². The van der Waals surface area contributed by atoms with Crippen LogP contribution in [-0.4, -0.2) is 17.5 Å². The molecule has 26 heavy (non-hydrogen) atoms. The number of aromatic nitrogens is 1. The molecule has 0 fully saturated rings. The van der Waals surface area contributed by atoms with Crippen LogP contribution in [0.25, 0.3) is 10.6 Å². The lowest BCUT2D eigenvalue weighted by atomic mass is 10.2. The first-order valence-electron chi connectivity index (χ1n) is 7.89. The molecule has 0 saturated heterocycles. The molecule has 1 heterocycles.